The van der Waals surface area contributed by atoms with Gasteiger partial charge in [-0.05, 0) is 43.6 Å². The van der Waals surface area contributed by atoms with Crippen molar-refractivity contribution in [2.45, 2.75) is 86.1 Å². The van der Waals surface area contributed by atoms with Gasteiger partial charge in [0.1, 0.15) is 5.78 Å². The molecule has 3 rings (SSSR count). The summed E-state index contributed by atoms with van der Waals surface area (Å²) in [5.74, 6) is 1.63. The molecule has 0 bridgehead atoms. The smallest absolute Gasteiger partial charge is 0.135 e. The average Bonchev–Trinajstić information content (AvgIpc) is 3.30. The maximum Gasteiger partial charge on any atom is 0.135 e. The molecule has 0 amide bonds. The molecule has 4 heteroatoms. The number of fused-ring (bicyclic) bond motifs is 1. The number of aryl methyl sites for hydroxylation is 1. The summed E-state index contributed by atoms with van der Waals surface area (Å²) in [6.07, 6.45) is 4.75. The van der Waals surface area contributed by atoms with Crippen LogP contribution in [0, 0.1) is 11.8 Å². The summed E-state index contributed by atoms with van der Waals surface area (Å²) in [4.78, 5) is 12.0. The van der Waals surface area contributed by atoms with Crippen LogP contribution in [0.3, 0.4) is 0 Å². The maximum absolute atomic E-state index is 12.0. The minimum Gasteiger partial charge on any atom is -0.381 e. The lowest BCUT2D eigenvalue weighted by Gasteiger charge is -2.11. The summed E-state index contributed by atoms with van der Waals surface area (Å²) >= 11 is 0. The van der Waals surface area contributed by atoms with Crippen molar-refractivity contribution in [2.75, 3.05) is 13.2 Å². The summed E-state index contributed by atoms with van der Waals surface area (Å²) in [5, 5.41) is 4.82. The highest BCUT2D eigenvalue weighted by Crippen LogP contribution is 2.27. The molecule has 0 saturated carbocycles. The third kappa shape index (κ3) is 6.25. The van der Waals surface area contributed by atoms with Crippen molar-refractivity contribution in [1.82, 2.24) is 9.78 Å². The maximum atomic E-state index is 12.0. The van der Waals surface area contributed by atoms with Gasteiger partial charge in [-0.25, -0.2) is 0 Å². The molecule has 3 atom stereocenters. The van der Waals surface area contributed by atoms with Crippen LogP contribution in [0.1, 0.15) is 84.5 Å². The molecule has 1 aromatic rings. The zero-order valence-corrected chi connectivity index (χ0v) is 17.2. The molecule has 2 aliphatic heterocycles. The van der Waals surface area contributed by atoms with Crippen LogP contribution in [0.2, 0.25) is 0 Å². The third-order valence-corrected chi connectivity index (χ3v) is 5.04. The summed E-state index contributed by atoms with van der Waals surface area (Å²) in [5.41, 5.74) is 2.51. The average molecular weight is 351 g/mol. The number of hydrogen-bond acceptors (Lipinski definition) is 3. The highest BCUT2D eigenvalue weighted by atomic mass is 16.5. The Morgan fingerprint density at radius 1 is 1.12 bits per heavy atom. The van der Waals surface area contributed by atoms with Crippen molar-refractivity contribution in [2.24, 2.45) is 11.8 Å². The summed E-state index contributed by atoms with van der Waals surface area (Å²) in [6.45, 7) is 14.9. The van der Waals surface area contributed by atoms with E-state index in [2.05, 4.69) is 24.6 Å². The fourth-order valence-electron chi connectivity index (χ4n) is 3.43. The van der Waals surface area contributed by atoms with E-state index in [4.69, 9.17) is 9.84 Å². The van der Waals surface area contributed by atoms with Crippen LogP contribution in [0.15, 0.2) is 6.07 Å². The predicted octanol–water partition coefficient (Wildman–Crippen LogP) is 5.01. The van der Waals surface area contributed by atoms with E-state index >= 15 is 0 Å². The van der Waals surface area contributed by atoms with E-state index in [1.54, 1.807) is 0 Å². The van der Waals surface area contributed by atoms with Crippen molar-refractivity contribution in [1.29, 1.82) is 0 Å². The topological polar surface area (TPSA) is 44.1 Å². The Balaban J connectivity index is 0.000000730. The normalized spacial score (nSPS) is 26.2. The fourth-order valence-corrected chi connectivity index (χ4v) is 3.43. The predicted molar refractivity (Wildman–Crippen MR) is 104 cm³/mol. The van der Waals surface area contributed by atoms with Crippen molar-refractivity contribution in [3.8, 4) is 0 Å². The first-order valence-corrected chi connectivity index (χ1v) is 10.3. The lowest BCUT2D eigenvalue weighted by atomic mass is 9.94. The van der Waals surface area contributed by atoms with Crippen LogP contribution in [-0.2, 0) is 22.5 Å². The van der Waals surface area contributed by atoms with E-state index < -0.39 is 0 Å². The number of carbonyl (C=O) groups excluding carboxylic acids is 1. The zero-order chi connectivity index (χ0) is 18.8. The van der Waals surface area contributed by atoms with Crippen LogP contribution in [0.4, 0.5) is 0 Å². The van der Waals surface area contributed by atoms with Gasteiger partial charge in [-0.2, -0.15) is 5.10 Å². The molecule has 0 aliphatic carbocycles. The standard InChI is InChI=1S/C17H26N2O2.2C2H6/c1-12-3-4-17(20)13(2)5-7-19-16(12)10-15(18-19)9-14-6-8-21-11-14;2*1-2/h10,12-14H,3-9,11H2,1-2H3;2*1-2H3. The van der Waals surface area contributed by atoms with Crippen LogP contribution < -0.4 is 0 Å². The first-order chi connectivity index (χ1) is 12.1. The van der Waals surface area contributed by atoms with E-state index in [1.165, 1.54) is 11.4 Å². The molecule has 25 heavy (non-hydrogen) atoms. The Morgan fingerprint density at radius 2 is 1.84 bits per heavy atom. The Hall–Kier alpha value is -1.16. The fraction of sp³-hybridized carbons (Fsp3) is 0.810. The molecule has 2 aliphatic rings. The van der Waals surface area contributed by atoms with E-state index in [0.717, 1.165) is 45.4 Å². The van der Waals surface area contributed by atoms with E-state index in [9.17, 15) is 4.79 Å². The van der Waals surface area contributed by atoms with E-state index in [1.807, 2.05) is 27.7 Å². The molecule has 1 aromatic heterocycles. The quantitative estimate of drug-likeness (QED) is 0.753. The number of ketones is 1. The molecular weight excluding hydrogens is 312 g/mol. The first-order valence-electron chi connectivity index (χ1n) is 10.3. The third-order valence-electron chi connectivity index (χ3n) is 5.04. The van der Waals surface area contributed by atoms with Crippen molar-refractivity contribution < 1.29 is 9.53 Å². The minimum atomic E-state index is 0.166. The van der Waals surface area contributed by atoms with Crippen molar-refractivity contribution >= 4 is 5.78 Å². The number of ether oxygens (including phenoxy) is 1. The molecule has 3 unspecified atom stereocenters. The van der Waals surface area contributed by atoms with Crippen molar-refractivity contribution in [3.05, 3.63) is 17.5 Å². The summed E-state index contributed by atoms with van der Waals surface area (Å²) in [7, 11) is 0. The van der Waals surface area contributed by atoms with Gasteiger partial charge in [0.05, 0.1) is 5.69 Å². The number of Topliss-reactive ketones (excluding diaryl/α,β-unsaturated/α-hetero) is 1. The van der Waals surface area contributed by atoms with Gasteiger partial charge in [0, 0.05) is 37.8 Å². The van der Waals surface area contributed by atoms with E-state index in [-0.39, 0.29) is 5.92 Å². The molecule has 144 valence electrons. The van der Waals surface area contributed by atoms with Crippen LogP contribution in [-0.4, -0.2) is 28.8 Å². The molecule has 0 spiro atoms. The molecule has 0 radical (unpaired) electrons. The van der Waals surface area contributed by atoms with Gasteiger partial charge in [0.2, 0.25) is 0 Å². The molecule has 0 N–H and O–H groups in total. The van der Waals surface area contributed by atoms with Gasteiger partial charge >= 0.3 is 0 Å². The minimum absolute atomic E-state index is 0.166. The Morgan fingerprint density at radius 3 is 2.48 bits per heavy atom. The zero-order valence-electron chi connectivity index (χ0n) is 17.2. The van der Waals surface area contributed by atoms with Crippen LogP contribution in [0.25, 0.3) is 0 Å². The lowest BCUT2D eigenvalue weighted by Crippen LogP contribution is -2.13. The largest absolute Gasteiger partial charge is 0.381 e. The number of nitrogens with zero attached hydrogens (tertiary/aromatic N) is 2. The number of rotatable bonds is 2. The summed E-state index contributed by atoms with van der Waals surface area (Å²) < 4.78 is 7.62. The number of hydrogen-bond donors (Lipinski definition) is 0. The van der Waals surface area contributed by atoms with Gasteiger partial charge in [0.25, 0.3) is 0 Å². The number of carbonyl (C=O) groups is 1. The van der Waals surface area contributed by atoms with Crippen LogP contribution >= 0.6 is 0 Å². The van der Waals surface area contributed by atoms with Gasteiger partial charge in [-0.1, -0.05) is 41.5 Å². The number of aromatic nitrogens is 2. The van der Waals surface area contributed by atoms with E-state index in [0.29, 0.717) is 24.0 Å². The monoisotopic (exact) mass is 350 g/mol. The van der Waals surface area contributed by atoms with Gasteiger partial charge in [-0.3, -0.25) is 9.48 Å². The molecule has 1 saturated heterocycles. The molecule has 1 fully saturated rings. The van der Waals surface area contributed by atoms with Gasteiger partial charge in [0.15, 0.2) is 0 Å². The molecular formula is C21H38N2O2. The molecule has 0 aromatic carbocycles. The highest BCUT2D eigenvalue weighted by molar-refractivity contribution is 5.80. The highest BCUT2D eigenvalue weighted by Gasteiger charge is 2.23. The summed E-state index contributed by atoms with van der Waals surface area (Å²) in [6, 6.07) is 2.27. The van der Waals surface area contributed by atoms with Gasteiger partial charge in [-0.15, -0.1) is 0 Å². The first kappa shape index (κ1) is 21.9. The van der Waals surface area contributed by atoms with Crippen LogP contribution in [0.5, 0.6) is 0 Å². The Kier molecular flexibility index (Phi) is 10.0. The molecule has 4 nitrogen and oxygen atoms in total. The SMILES string of the molecule is CC.CC.CC1CCn2nc(CC3CCOC3)cc2C(C)CCC1=O. The lowest BCUT2D eigenvalue weighted by molar-refractivity contribution is -0.122. The Bertz CT molecular complexity index is 504. The van der Waals surface area contributed by atoms with Crippen molar-refractivity contribution in [3.63, 3.8) is 0 Å². The second-order valence-electron chi connectivity index (χ2n) is 6.81. The second kappa shape index (κ2) is 11.5. The Labute approximate surface area is 154 Å². The molecule has 3 heterocycles. The van der Waals surface area contributed by atoms with Gasteiger partial charge < -0.3 is 4.74 Å². The second-order valence-corrected chi connectivity index (χ2v) is 6.81.